The largest absolute Gasteiger partial charge is 0.380 e. The van der Waals surface area contributed by atoms with E-state index < -0.39 is 0 Å². The van der Waals surface area contributed by atoms with Crippen molar-refractivity contribution in [1.29, 1.82) is 0 Å². The average Bonchev–Trinajstić information content (AvgIpc) is 3.23. The number of fused-ring (bicyclic) bond motifs is 3. The standard InChI is InChI=1S/C15H19N5O/c16-14-13-15(18-12(7-17-13)8-1-2-8)20(19-14)9-5-10-3-4-11(6-9)21-10/h7-11H,1-6H2,(H2,16,19)/t9?,10-,11+. The van der Waals surface area contributed by atoms with Gasteiger partial charge < -0.3 is 10.5 Å². The second kappa shape index (κ2) is 4.16. The van der Waals surface area contributed by atoms with Gasteiger partial charge in [-0.2, -0.15) is 5.10 Å². The summed E-state index contributed by atoms with van der Waals surface area (Å²) in [6.45, 7) is 0. The van der Waals surface area contributed by atoms with E-state index in [1.54, 1.807) is 0 Å². The average molecular weight is 285 g/mol. The van der Waals surface area contributed by atoms with Gasteiger partial charge in [0.15, 0.2) is 17.0 Å². The highest BCUT2D eigenvalue weighted by Crippen LogP contribution is 2.41. The molecule has 6 nitrogen and oxygen atoms in total. The first-order valence-electron chi connectivity index (χ1n) is 7.94. The van der Waals surface area contributed by atoms with Gasteiger partial charge in [0.2, 0.25) is 0 Å². The van der Waals surface area contributed by atoms with Crippen molar-refractivity contribution in [2.45, 2.75) is 62.7 Å². The van der Waals surface area contributed by atoms with Crippen LogP contribution in [-0.2, 0) is 4.74 Å². The highest BCUT2D eigenvalue weighted by molar-refractivity contribution is 5.82. The summed E-state index contributed by atoms with van der Waals surface area (Å²) in [5.74, 6) is 1.09. The van der Waals surface area contributed by atoms with E-state index in [0.717, 1.165) is 29.7 Å². The number of hydrogen-bond acceptors (Lipinski definition) is 5. The highest BCUT2D eigenvalue weighted by Gasteiger charge is 2.37. The van der Waals surface area contributed by atoms with E-state index in [1.807, 2.05) is 10.9 Å². The molecule has 5 rings (SSSR count). The number of nitrogens with zero attached hydrogens (tertiary/aromatic N) is 4. The Hall–Kier alpha value is -1.69. The van der Waals surface area contributed by atoms with Gasteiger partial charge in [0, 0.05) is 12.1 Å². The Morgan fingerprint density at radius 3 is 2.62 bits per heavy atom. The first-order chi connectivity index (χ1) is 10.3. The third kappa shape index (κ3) is 1.85. The van der Waals surface area contributed by atoms with Crippen LogP contribution < -0.4 is 5.73 Å². The number of ether oxygens (including phenoxy) is 1. The summed E-state index contributed by atoms with van der Waals surface area (Å²) < 4.78 is 7.96. The Morgan fingerprint density at radius 2 is 1.90 bits per heavy atom. The van der Waals surface area contributed by atoms with Gasteiger partial charge in [0.05, 0.1) is 23.9 Å². The molecular formula is C15H19N5O. The number of rotatable bonds is 2. The summed E-state index contributed by atoms with van der Waals surface area (Å²) in [6, 6.07) is 0.347. The molecule has 0 aromatic carbocycles. The minimum absolute atomic E-state index is 0.347. The molecule has 2 saturated heterocycles. The van der Waals surface area contributed by atoms with E-state index in [9.17, 15) is 0 Å². The van der Waals surface area contributed by atoms with Crippen molar-refractivity contribution >= 4 is 17.0 Å². The van der Waals surface area contributed by atoms with Crippen LogP contribution in [0.1, 0.15) is 56.2 Å². The normalized spacial score (nSPS) is 31.9. The maximum Gasteiger partial charge on any atom is 0.179 e. The number of hydrogen-bond donors (Lipinski definition) is 1. The molecular weight excluding hydrogens is 266 g/mol. The fourth-order valence-electron chi connectivity index (χ4n) is 3.80. The molecule has 2 N–H and O–H groups in total. The monoisotopic (exact) mass is 285 g/mol. The lowest BCUT2D eigenvalue weighted by Crippen LogP contribution is -2.28. The van der Waals surface area contributed by atoms with E-state index in [4.69, 9.17) is 15.5 Å². The second-order valence-electron chi connectivity index (χ2n) is 6.65. The SMILES string of the molecule is Nc1nn(C2C[C@H]3CC[C@@H](C2)O3)c2nc(C3CC3)cnc12. The molecule has 0 amide bonds. The molecule has 4 heterocycles. The van der Waals surface area contributed by atoms with Crippen LogP contribution >= 0.6 is 0 Å². The van der Waals surface area contributed by atoms with E-state index in [1.165, 1.54) is 25.7 Å². The van der Waals surface area contributed by atoms with E-state index in [0.29, 0.717) is 30.0 Å². The van der Waals surface area contributed by atoms with Crippen LogP contribution in [0.25, 0.3) is 11.2 Å². The minimum atomic E-state index is 0.347. The van der Waals surface area contributed by atoms with Crippen molar-refractivity contribution in [2.24, 2.45) is 0 Å². The molecule has 2 aliphatic heterocycles. The van der Waals surface area contributed by atoms with Crippen molar-refractivity contribution < 1.29 is 4.74 Å². The second-order valence-corrected chi connectivity index (χ2v) is 6.65. The quantitative estimate of drug-likeness (QED) is 0.914. The van der Waals surface area contributed by atoms with Crippen LogP contribution in [0, 0.1) is 0 Å². The van der Waals surface area contributed by atoms with Crippen LogP contribution in [-0.4, -0.2) is 32.0 Å². The molecule has 110 valence electrons. The van der Waals surface area contributed by atoms with E-state index >= 15 is 0 Å². The summed E-state index contributed by atoms with van der Waals surface area (Å²) >= 11 is 0. The lowest BCUT2D eigenvalue weighted by molar-refractivity contribution is -0.0173. The molecule has 0 spiro atoms. The predicted octanol–water partition coefficient (Wildman–Crippen LogP) is 2.17. The van der Waals surface area contributed by atoms with E-state index in [-0.39, 0.29) is 0 Å². The van der Waals surface area contributed by atoms with Gasteiger partial charge in [-0.3, -0.25) is 0 Å². The first-order valence-corrected chi connectivity index (χ1v) is 7.94. The van der Waals surface area contributed by atoms with Crippen LogP contribution in [0.15, 0.2) is 6.20 Å². The van der Waals surface area contributed by atoms with Gasteiger partial charge in [0.1, 0.15) is 0 Å². The third-order valence-electron chi connectivity index (χ3n) is 5.05. The Labute approximate surface area is 122 Å². The fourth-order valence-corrected chi connectivity index (χ4v) is 3.80. The van der Waals surface area contributed by atoms with Gasteiger partial charge in [-0.15, -0.1) is 0 Å². The van der Waals surface area contributed by atoms with Crippen LogP contribution in [0.3, 0.4) is 0 Å². The molecule has 21 heavy (non-hydrogen) atoms. The van der Waals surface area contributed by atoms with E-state index in [2.05, 4.69) is 10.1 Å². The van der Waals surface area contributed by atoms with Gasteiger partial charge in [-0.05, 0) is 38.5 Å². The van der Waals surface area contributed by atoms with Gasteiger partial charge in [-0.25, -0.2) is 14.6 Å². The van der Waals surface area contributed by atoms with Crippen molar-refractivity contribution in [1.82, 2.24) is 19.7 Å². The molecule has 1 unspecified atom stereocenters. The summed E-state index contributed by atoms with van der Waals surface area (Å²) in [6.07, 6.45) is 9.47. The van der Waals surface area contributed by atoms with Crippen molar-refractivity contribution in [3.05, 3.63) is 11.9 Å². The van der Waals surface area contributed by atoms with Gasteiger partial charge >= 0.3 is 0 Å². The third-order valence-corrected chi connectivity index (χ3v) is 5.05. The van der Waals surface area contributed by atoms with Gasteiger partial charge in [-0.1, -0.05) is 0 Å². The Morgan fingerprint density at radius 1 is 1.14 bits per heavy atom. The molecule has 2 aromatic heterocycles. The zero-order valence-electron chi connectivity index (χ0n) is 11.9. The molecule has 3 atom stereocenters. The highest BCUT2D eigenvalue weighted by atomic mass is 16.5. The van der Waals surface area contributed by atoms with Gasteiger partial charge in [0.25, 0.3) is 0 Å². The van der Waals surface area contributed by atoms with Crippen LogP contribution in [0.2, 0.25) is 0 Å². The Balaban J connectivity index is 1.59. The summed E-state index contributed by atoms with van der Waals surface area (Å²) in [5.41, 5.74) is 8.75. The lowest BCUT2D eigenvalue weighted by atomic mass is 10.0. The summed E-state index contributed by atoms with van der Waals surface area (Å²) in [4.78, 5) is 9.33. The lowest BCUT2D eigenvalue weighted by Gasteiger charge is -2.28. The molecule has 1 aliphatic carbocycles. The smallest absolute Gasteiger partial charge is 0.179 e. The molecule has 2 aromatic rings. The topological polar surface area (TPSA) is 78.8 Å². The number of anilines is 1. The zero-order chi connectivity index (χ0) is 14.0. The first kappa shape index (κ1) is 11.9. The van der Waals surface area contributed by atoms with Crippen molar-refractivity contribution in [3.63, 3.8) is 0 Å². The fraction of sp³-hybridized carbons (Fsp3) is 0.667. The maximum absolute atomic E-state index is 6.04. The number of nitrogen functional groups attached to an aromatic ring is 1. The Kier molecular flexibility index (Phi) is 2.36. The van der Waals surface area contributed by atoms with Crippen molar-refractivity contribution in [3.8, 4) is 0 Å². The molecule has 3 aliphatic rings. The predicted molar refractivity (Wildman–Crippen MR) is 77.9 cm³/mol. The molecule has 1 saturated carbocycles. The summed E-state index contributed by atoms with van der Waals surface area (Å²) in [5, 5.41) is 4.54. The molecule has 0 radical (unpaired) electrons. The molecule has 3 fully saturated rings. The van der Waals surface area contributed by atoms with Crippen LogP contribution in [0.5, 0.6) is 0 Å². The van der Waals surface area contributed by atoms with Crippen molar-refractivity contribution in [2.75, 3.05) is 5.73 Å². The minimum Gasteiger partial charge on any atom is -0.380 e. The molecule has 2 bridgehead atoms. The Bertz CT molecular complexity index is 695. The van der Waals surface area contributed by atoms with Crippen LogP contribution in [0.4, 0.5) is 5.82 Å². The maximum atomic E-state index is 6.04. The number of aromatic nitrogens is 4. The summed E-state index contributed by atoms with van der Waals surface area (Å²) in [7, 11) is 0. The zero-order valence-corrected chi connectivity index (χ0v) is 11.9. The molecule has 6 heteroatoms. The number of nitrogens with two attached hydrogens (primary N) is 1.